The molecule has 1 heterocycles. The van der Waals surface area contributed by atoms with Gasteiger partial charge in [0.25, 0.3) is 5.56 Å². The molecular formula is C10H6Cl2N2O2. The van der Waals surface area contributed by atoms with Gasteiger partial charge < -0.3 is 0 Å². The number of aromatic nitrogens is 2. The van der Waals surface area contributed by atoms with E-state index >= 15 is 0 Å². The lowest BCUT2D eigenvalue weighted by molar-refractivity contribution is 0.896. The molecule has 82 valence electrons. The van der Waals surface area contributed by atoms with Crippen molar-refractivity contribution >= 4 is 23.2 Å². The molecule has 1 aromatic heterocycles. The minimum Gasteiger partial charge on any atom is -0.274 e. The molecule has 0 spiro atoms. The summed E-state index contributed by atoms with van der Waals surface area (Å²) in [6.07, 6.45) is 1.36. The van der Waals surface area contributed by atoms with Crippen molar-refractivity contribution in [3.63, 3.8) is 0 Å². The normalized spacial score (nSPS) is 10.4. The number of aromatic amines is 1. The van der Waals surface area contributed by atoms with Crippen LogP contribution in [0.4, 0.5) is 0 Å². The van der Waals surface area contributed by atoms with Gasteiger partial charge in [-0.2, -0.15) is 0 Å². The summed E-state index contributed by atoms with van der Waals surface area (Å²) in [6.45, 7) is 0. The Hall–Kier alpha value is -1.52. The van der Waals surface area contributed by atoms with E-state index < -0.39 is 11.2 Å². The maximum Gasteiger partial charge on any atom is 0.332 e. The van der Waals surface area contributed by atoms with Gasteiger partial charge in [0, 0.05) is 17.3 Å². The van der Waals surface area contributed by atoms with Gasteiger partial charge in [-0.05, 0) is 18.2 Å². The summed E-state index contributed by atoms with van der Waals surface area (Å²) in [5.74, 6) is 0. The molecule has 0 saturated carbocycles. The molecule has 0 radical (unpaired) electrons. The van der Waals surface area contributed by atoms with Gasteiger partial charge >= 0.3 is 5.69 Å². The van der Waals surface area contributed by atoms with Crippen LogP contribution in [0.3, 0.4) is 0 Å². The lowest BCUT2D eigenvalue weighted by Crippen LogP contribution is -2.27. The number of halogens is 2. The first-order valence-electron chi connectivity index (χ1n) is 4.35. The van der Waals surface area contributed by atoms with E-state index in [0.717, 1.165) is 0 Å². The maximum atomic E-state index is 11.5. The highest BCUT2D eigenvalue weighted by molar-refractivity contribution is 6.35. The predicted molar refractivity (Wildman–Crippen MR) is 62.7 cm³/mol. The third kappa shape index (κ3) is 2.03. The molecule has 1 aromatic carbocycles. The molecule has 2 rings (SSSR count). The van der Waals surface area contributed by atoms with Gasteiger partial charge in [0.1, 0.15) is 0 Å². The minimum absolute atomic E-state index is 0.335. The fraction of sp³-hybridized carbons (Fsp3) is 0. The fourth-order valence-electron chi connectivity index (χ4n) is 1.28. The van der Waals surface area contributed by atoms with Crippen LogP contribution in [-0.4, -0.2) is 9.55 Å². The second kappa shape index (κ2) is 4.15. The summed E-state index contributed by atoms with van der Waals surface area (Å²) in [5, 5.41) is 0.813. The van der Waals surface area contributed by atoms with Crippen LogP contribution >= 0.6 is 23.2 Å². The van der Waals surface area contributed by atoms with Gasteiger partial charge in [0.2, 0.25) is 0 Å². The van der Waals surface area contributed by atoms with E-state index in [-0.39, 0.29) is 0 Å². The second-order valence-electron chi connectivity index (χ2n) is 3.08. The van der Waals surface area contributed by atoms with Crippen LogP contribution in [0.15, 0.2) is 40.1 Å². The van der Waals surface area contributed by atoms with E-state index in [1.54, 1.807) is 12.1 Å². The van der Waals surface area contributed by atoms with E-state index in [4.69, 9.17) is 23.2 Å². The molecular weight excluding hydrogens is 251 g/mol. The Labute approximate surface area is 100 Å². The minimum atomic E-state index is -0.545. The molecule has 0 aliphatic carbocycles. The lowest BCUT2D eigenvalue weighted by atomic mass is 10.3. The van der Waals surface area contributed by atoms with Gasteiger partial charge in [-0.1, -0.05) is 23.2 Å². The molecule has 0 unspecified atom stereocenters. The van der Waals surface area contributed by atoms with Crippen LogP contribution in [-0.2, 0) is 0 Å². The molecule has 16 heavy (non-hydrogen) atoms. The van der Waals surface area contributed by atoms with Crippen molar-refractivity contribution < 1.29 is 0 Å². The van der Waals surface area contributed by atoms with Gasteiger partial charge in [0.05, 0.1) is 10.7 Å². The average Bonchev–Trinajstić information content (AvgIpc) is 2.19. The molecule has 1 N–H and O–H groups in total. The third-order valence-electron chi connectivity index (χ3n) is 1.99. The van der Waals surface area contributed by atoms with Gasteiger partial charge in [-0.15, -0.1) is 0 Å². The van der Waals surface area contributed by atoms with E-state index in [2.05, 4.69) is 4.98 Å². The zero-order valence-electron chi connectivity index (χ0n) is 7.91. The molecule has 0 atom stereocenters. The van der Waals surface area contributed by atoms with Crippen molar-refractivity contribution in [3.05, 3.63) is 61.3 Å². The summed E-state index contributed by atoms with van der Waals surface area (Å²) >= 11 is 11.7. The first-order valence-corrected chi connectivity index (χ1v) is 5.11. The monoisotopic (exact) mass is 256 g/mol. The molecule has 0 aliphatic rings. The average molecular weight is 257 g/mol. The fourth-order valence-corrected chi connectivity index (χ4v) is 1.78. The number of benzene rings is 1. The number of hydrogen-bond donors (Lipinski definition) is 1. The summed E-state index contributed by atoms with van der Waals surface area (Å²) < 4.78 is 1.24. The van der Waals surface area contributed by atoms with Crippen LogP contribution in [0, 0.1) is 0 Å². The topological polar surface area (TPSA) is 54.9 Å². The van der Waals surface area contributed by atoms with Crippen LogP contribution in [0.1, 0.15) is 0 Å². The van der Waals surface area contributed by atoms with Crippen molar-refractivity contribution in [2.75, 3.05) is 0 Å². The zero-order chi connectivity index (χ0) is 11.7. The standard InChI is InChI=1S/C10H6Cl2N2O2/c11-6-1-2-8(7(12)5-6)14-4-3-9(15)13-10(14)16/h1-5H,(H,13,15,16). The molecule has 0 saturated heterocycles. The highest BCUT2D eigenvalue weighted by Crippen LogP contribution is 2.22. The van der Waals surface area contributed by atoms with E-state index in [9.17, 15) is 9.59 Å². The van der Waals surface area contributed by atoms with E-state index in [1.807, 2.05) is 0 Å². The molecule has 4 nitrogen and oxygen atoms in total. The van der Waals surface area contributed by atoms with E-state index in [1.165, 1.54) is 22.9 Å². The van der Waals surface area contributed by atoms with Gasteiger partial charge in [-0.3, -0.25) is 14.3 Å². The van der Waals surface area contributed by atoms with Crippen molar-refractivity contribution in [2.24, 2.45) is 0 Å². The number of rotatable bonds is 1. The number of H-pyrrole nitrogens is 1. The first kappa shape index (κ1) is 11.0. The SMILES string of the molecule is O=c1ccn(-c2ccc(Cl)cc2Cl)c(=O)[nH]1. The molecule has 6 heteroatoms. The Morgan fingerprint density at radius 3 is 2.50 bits per heavy atom. The zero-order valence-corrected chi connectivity index (χ0v) is 9.42. The maximum absolute atomic E-state index is 11.5. The summed E-state index contributed by atoms with van der Waals surface area (Å²) in [6, 6.07) is 5.98. The largest absolute Gasteiger partial charge is 0.332 e. The van der Waals surface area contributed by atoms with Crippen LogP contribution in [0.25, 0.3) is 5.69 Å². The summed E-state index contributed by atoms with van der Waals surface area (Å²) in [5.41, 5.74) is -0.532. The Balaban J connectivity index is 2.68. The molecule has 0 amide bonds. The first-order chi connectivity index (χ1) is 7.58. The third-order valence-corrected chi connectivity index (χ3v) is 2.53. The van der Waals surface area contributed by atoms with Crippen molar-refractivity contribution in [3.8, 4) is 5.69 Å². The molecule has 2 aromatic rings. The molecule has 0 bridgehead atoms. The number of hydrogen-bond acceptors (Lipinski definition) is 2. The van der Waals surface area contributed by atoms with Gasteiger partial charge in [-0.25, -0.2) is 4.79 Å². The quantitative estimate of drug-likeness (QED) is 0.847. The van der Waals surface area contributed by atoms with Crippen LogP contribution in [0.2, 0.25) is 10.0 Å². The van der Waals surface area contributed by atoms with Crippen molar-refractivity contribution in [1.82, 2.24) is 9.55 Å². The second-order valence-corrected chi connectivity index (χ2v) is 3.92. The Bertz CT molecular complexity index is 646. The van der Waals surface area contributed by atoms with Gasteiger partial charge in [0.15, 0.2) is 0 Å². The van der Waals surface area contributed by atoms with Crippen molar-refractivity contribution in [1.29, 1.82) is 0 Å². The highest BCUT2D eigenvalue weighted by atomic mass is 35.5. The Morgan fingerprint density at radius 2 is 1.88 bits per heavy atom. The number of nitrogens with one attached hydrogen (secondary N) is 1. The highest BCUT2D eigenvalue weighted by Gasteiger charge is 2.05. The summed E-state index contributed by atoms with van der Waals surface area (Å²) in [4.78, 5) is 24.5. The van der Waals surface area contributed by atoms with Crippen LogP contribution < -0.4 is 11.2 Å². The van der Waals surface area contributed by atoms with Crippen molar-refractivity contribution in [2.45, 2.75) is 0 Å². The number of nitrogens with zero attached hydrogens (tertiary/aromatic N) is 1. The summed E-state index contributed by atoms with van der Waals surface area (Å²) in [7, 11) is 0. The predicted octanol–water partition coefficient (Wildman–Crippen LogP) is 1.83. The Morgan fingerprint density at radius 1 is 1.12 bits per heavy atom. The molecule has 0 aliphatic heterocycles. The van der Waals surface area contributed by atoms with E-state index in [0.29, 0.717) is 15.7 Å². The Kier molecular flexibility index (Phi) is 2.85. The van der Waals surface area contributed by atoms with Crippen LogP contribution in [0.5, 0.6) is 0 Å². The smallest absolute Gasteiger partial charge is 0.274 e. The molecule has 0 fully saturated rings. The lowest BCUT2D eigenvalue weighted by Gasteiger charge is -2.06.